The lowest BCUT2D eigenvalue weighted by Crippen LogP contribution is -2.44. The van der Waals surface area contributed by atoms with E-state index in [4.69, 9.17) is 0 Å². The molecule has 1 saturated heterocycles. The summed E-state index contributed by atoms with van der Waals surface area (Å²) in [5, 5.41) is 4.40. The highest BCUT2D eigenvalue weighted by molar-refractivity contribution is 5.85. The minimum atomic E-state index is 0.158. The minimum absolute atomic E-state index is 0.158. The van der Waals surface area contributed by atoms with Gasteiger partial charge in [0.1, 0.15) is 0 Å². The lowest BCUT2D eigenvalue weighted by atomic mass is 9.97. The quantitative estimate of drug-likeness (QED) is 0.429. The molecule has 2 heterocycles. The maximum atomic E-state index is 12.5. The van der Waals surface area contributed by atoms with Gasteiger partial charge in [0.25, 0.3) is 0 Å². The number of carbonyl (C=O) groups is 1. The topological polar surface area (TPSA) is 37.3 Å². The number of nitrogens with one attached hydrogen (secondary N) is 1. The summed E-state index contributed by atoms with van der Waals surface area (Å²) in [6.45, 7) is 9.49. The van der Waals surface area contributed by atoms with Gasteiger partial charge in [-0.25, -0.2) is 0 Å². The van der Waals surface area contributed by atoms with Crippen molar-refractivity contribution in [3.63, 3.8) is 0 Å². The molecule has 1 aliphatic heterocycles. The van der Waals surface area contributed by atoms with Gasteiger partial charge in [-0.05, 0) is 63.6 Å². The van der Waals surface area contributed by atoms with Gasteiger partial charge >= 0.3 is 0 Å². The summed E-state index contributed by atoms with van der Waals surface area (Å²) in [5.41, 5.74) is 5.06. The number of carbonyl (C=O) groups excluding carboxylic acids is 1. The zero-order chi connectivity index (χ0) is 23.2. The Kier molecular flexibility index (Phi) is 7.87. The Morgan fingerprint density at radius 1 is 1.03 bits per heavy atom. The molecule has 2 aromatic carbocycles. The molecule has 1 aliphatic rings. The van der Waals surface area contributed by atoms with E-state index in [0.717, 1.165) is 32.5 Å². The summed E-state index contributed by atoms with van der Waals surface area (Å²) < 4.78 is 2.31. The van der Waals surface area contributed by atoms with Crippen LogP contribution in [0.2, 0.25) is 0 Å². The normalized spacial score (nSPS) is 19.1. The fourth-order valence-corrected chi connectivity index (χ4v) is 5.28. The van der Waals surface area contributed by atoms with E-state index in [-0.39, 0.29) is 5.91 Å². The summed E-state index contributed by atoms with van der Waals surface area (Å²) in [7, 11) is 0. The van der Waals surface area contributed by atoms with Crippen molar-refractivity contribution in [2.45, 2.75) is 77.9 Å². The number of piperidine rings is 1. The summed E-state index contributed by atoms with van der Waals surface area (Å²) >= 11 is 0. The zero-order valence-electron chi connectivity index (χ0n) is 20.5. The highest BCUT2D eigenvalue weighted by atomic mass is 16.1. The van der Waals surface area contributed by atoms with Crippen molar-refractivity contribution in [1.29, 1.82) is 0 Å². The maximum absolute atomic E-state index is 12.5. The summed E-state index contributed by atoms with van der Waals surface area (Å²) in [6.07, 6.45) is 8.51. The first-order valence-electron chi connectivity index (χ1n) is 12.7. The Labute approximate surface area is 199 Å². The minimum Gasteiger partial charge on any atom is -0.356 e. The number of para-hydroxylation sites is 1. The molecule has 0 unspecified atom stereocenters. The number of likely N-dealkylation sites (tertiary alicyclic amines) is 1. The molecule has 4 heteroatoms. The molecular formula is C29H39N3O. The van der Waals surface area contributed by atoms with E-state index >= 15 is 0 Å². The molecule has 176 valence electrons. The molecule has 1 fully saturated rings. The number of fused-ring (bicyclic) bond motifs is 1. The molecule has 1 aromatic heterocycles. The predicted molar refractivity (Wildman–Crippen MR) is 138 cm³/mol. The molecule has 2 atom stereocenters. The highest BCUT2D eigenvalue weighted by Gasteiger charge is 2.23. The monoisotopic (exact) mass is 445 g/mol. The van der Waals surface area contributed by atoms with Crippen molar-refractivity contribution in [3.05, 3.63) is 71.4 Å². The molecule has 3 aromatic rings. The van der Waals surface area contributed by atoms with Gasteiger partial charge in [-0.2, -0.15) is 0 Å². The van der Waals surface area contributed by atoms with Crippen molar-refractivity contribution in [1.82, 2.24) is 14.8 Å². The van der Waals surface area contributed by atoms with Gasteiger partial charge in [-0.15, -0.1) is 0 Å². The molecule has 0 aliphatic carbocycles. The van der Waals surface area contributed by atoms with E-state index in [1.165, 1.54) is 46.9 Å². The van der Waals surface area contributed by atoms with Crippen LogP contribution < -0.4 is 5.32 Å². The molecule has 0 spiro atoms. The van der Waals surface area contributed by atoms with E-state index in [9.17, 15) is 4.79 Å². The number of aryl methyl sites for hydroxylation is 2. The molecule has 1 N–H and O–H groups in total. The fraction of sp³-hybridized carbons (Fsp3) is 0.483. The molecule has 4 rings (SSSR count). The predicted octanol–water partition coefficient (Wildman–Crippen LogP) is 5.70. The Morgan fingerprint density at radius 3 is 2.52 bits per heavy atom. The number of nitrogens with zero attached hydrogens (tertiary/aromatic N) is 2. The largest absolute Gasteiger partial charge is 0.356 e. The maximum Gasteiger partial charge on any atom is 0.220 e. The summed E-state index contributed by atoms with van der Waals surface area (Å²) in [4.78, 5) is 15.1. The second kappa shape index (κ2) is 11.0. The van der Waals surface area contributed by atoms with Gasteiger partial charge in [0.2, 0.25) is 5.91 Å². The third-order valence-electron chi connectivity index (χ3n) is 7.26. The molecular weight excluding hydrogens is 406 g/mol. The SMILES string of the molecule is Cc1ccc(Cn2cc(CCC(=O)NCCCN3[C@H](C)CCC[C@H]3C)c3ccccc32)cc1. The lowest BCUT2D eigenvalue weighted by molar-refractivity contribution is -0.121. The average Bonchev–Trinajstić information content (AvgIpc) is 3.16. The van der Waals surface area contributed by atoms with Crippen LogP contribution in [0.15, 0.2) is 54.7 Å². The van der Waals surface area contributed by atoms with Crippen LogP contribution in [-0.4, -0.2) is 40.5 Å². The second-order valence-corrected chi connectivity index (χ2v) is 9.86. The molecule has 0 radical (unpaired) electrons. The van der Waals surface area contributed by atoms with Crippen LogP contribution in [-0.2, 0) is 17.8 Å². The summed E-state index contributed by atoms with van der Waals surface area (Å²) in [6, 6.07) is 18.6. The van der Waals surface area contributed by atoms with Crippen LogP contribution in [0.25, 0.3) is 10.9 Å². The van der Waals surface area contributed by atoms with Gasteiger partial charge in [0, 0.05) is 55.2 Å². The molecule has 0 bridgehead atoms. The van der Waals surface area contributed by atoms with Crippen molar-refractivity contribution in [3.8, 4) is 0 Å². The highest BCUT2D eigenvalue weighted by Crippen LogP contribution is 2.24. The third-order valence-corrected chi connectivity index (χ3v) is 7.26. The number of amides is 1. The first-order chi connectivity index (χ1) is 16.0. The second-order valence-electron chi connectivity index (χ2n) is 9.86. The van der Waals surface area contributed by atoms with Gasteiger partial charge in [-0.1, -0.05) is 54.4 Å². The Bertz CT molecular complexity index is 1040. The molecule has 1 amide bonds. The van der Waals surface area contributed by atoms with Gasteiger partial charge < -0.3 is 9.88 Å². The standard InChI is InChI=1S/C29H39N3O/c1-22-12-14-25(15-13-22)20-31-21-26(27-10-4-5-11-28(27)31)16-17-29(33)30-18-7-19-32-23(2)8-6-9-24(32)3/h4-5,10-15,21,23-24H,6-9,16-20H2,1-3H3,(H,30,33)/t23-,24-/m1/s1. The van der Waals surface area contributed by atoms with Crippen LogP contribution in [0.5, 0.6) is 0 Å². The Hall–Kier alpha value is -2.59. The first-order valence-corrected chi connectivity index (χ1v) is 12.7. The van der Waals surface area contributed by atoms with Crippen LogP contribution in [0.3, 0.4) is 0 Å². The van der Waals surface area contributed by atoms with Crippen LogP contribution in [0.4, 0.5) is 0 Å². The third kappa shape index (κ3) is 6.05. The van der Waals surface area contributed by atoms with Crippen LogP contribution in [0.1, 0.15) is 62.6 Å². The fourth-order valence-electron chi connectivity index (χ4n) is 5.28. The van der Waals surface area contributed by atoms with E-state index in [1.807, 2.05) is 0 Å². The van der Waals surface area contributed by atoms with Crippen LogP contribution >= 0.6 is 0 Å². The van der Waals surface area contributed by atoms with Gasteiger partial charge in [-0.3, -0.25) is 9.69 Å². The van der Waals surface area contributed by atoms with Crippen LogP contribution in [0, 0.1) is 6.92 Å². The Morgan fingerprint density at radius 2 is 1.76 bits per heavy atom. The van der Waals surface area contributed by atoms with Crippen molar-refractivity contribution < 1.29 is 4.79 Å². The summed E-state index contributed by atoms with van der Waals surface area (Å²) in [5.74, 6) is 0.158. The first kappa shape index (κ1) is 23.6. The van der Waals surface area contributed by atoms with Crippen molar-refractivity contribution in [2.75, 3.05) is 13.1 Å². The smallest absolute Gasteiger partial charge is 0.220 e. The van der Waals surface area contributed by atoms with Gasteiger partial charge in [0.15, 0.2) is 0 Å². The molecule has 33 heavy (non-hydrogen) atoms. The Balaban J connectivity index is 1.29. The van der Waals surface area contributed by atoms with E-state index in [0.29, 0.717) is 18.5 Å². The average molecular weight is 446 g/mol. The van der Waals surface area contributed by atoms with Crippen molar-refractivity contribution >= 4 is 16.8 Å². The number of hydrogen-bond acceptors (Lipinski definition) is 2. The molecule has 0 saturated carbocycles. The number of benzene rings is 2. The van der Waals surface area contributed by atoms with E-state index < -0.39 is 0 Å². The number of rotatable bonds is 9. The van der Waals surface area contributed by atoms with Gasteiger partial charge in [0.05, 0.1) is 0 Å². The zero-order valence-corrected chi connectivity index (χ0v) is 20.5. The number of aromatic nitrogens is 1. The van der Waals surface area contributed by atoms with E-state index in [2.05, 4.69) is 90.3 Å². The number of hydrogen-bond donors (Lipinski definition) is 1. The molecule has 4 nitrogen and oxygen atoms in total. The van der Waals surface area contributed by atoms with E-state index in [1.54, 1.807) is 0 Å². The lowest BCUT2D eigenvalue weighted by Gasteiger charge is -2.39. The van der Waals surface area contributed by atoms with Crippen molar-refractivity contribution in [2.24, 2.45) is 0 Å².